The summed E-state index contributed by atoms with van der Waals surface area (Å²) in [4.78, 5) is 0. The number of halogens is 2. The summed E-state index contributed by atoms with van der Waals surface area (Å²) < 4.78 is 29.2. The first-order valence-electron chi connectivity index (χ1n) is 6.42. The van der Waals surface area contributed by atoms with Gasteiger partial charge in [-0.1, -0.05) is 18.2 Å². The van der Waals surface area contributed by atoms with Crippen LogP contribution in [0, 0.1) is 0 Å². The molecular formula is C15H13F2N3O. The van der Waals surface area contributed by atoms with Crippen LogP contribution in [0.1, 0.15) is 5.56 Å². The number of hydrogen-bond acceptors (Lipinski definition) is 3. The van der Waals surface area contributed by atoms with E-state index in [0.29, 0.717) is 12.1 Å². The maximum Gasteiger partial charge on any atom is 0.387 e. The quantitative estimate of drug-likeness (QED) is 0.751. The summed E-state index contributed by atoms with van der Waals surface area (Å²) in [5.41, 5.74) is 2.46. The van der Waals surface area contributed by atoms with Crippen molar-refractivity contribution in [1.29, 1.82) is 0 Å². The lowest BCUT2D eigenvalue weighted by Gasteiger charge is -2.12. The molecule has 21 heavy (non-hydrogen) atoms. The number of alkyl halides is 2. The Balaban J connectivity index is 1.74. The van der Waals surface area contributed by atoms with Crippen molar-refractivity contribution in [2.24, 2.45) is 0 Å². The predicted octanol–water partition coefficient (Wildman–Crippen LogP) is 3.78. The molecule has 1 heterocycles. The normalized spacial score (nSPS) is 11.0. The van der Waals surface area contributed by atoms with Crippen molar-refractivity contribution in [3.8, 4) is 5.75 Å². The Morgan fingerprint density at radius 1 is 1.19 bits per heavy atom. The molecular weight excluding hydrogens is 276 g/mol. The van der Waals surface area contributed by atoms with Gasteiger partial charge >= 0.3 is 6.61 Å². The van der Waals surface area contributed by atoms with Crippen LogP contribution in [-0.4, -0.2) is 16.8 Å². The fraction of sp³-hybridized carbons (Fsp3) is 0.133. The average Bonchev–Trinajstić information content (AvgIpc) is 2.93. The molecule has 2 aromatic carbocycles. The molecule has 2 N–H and O–H groups in total. The summed E-state index contributed by atoms with van der Waals surface area (Å²) in [7, 11) is 0. The molecule has 6 heteroatoms. The van der Waals surface area contributed by atoms with E-state index < -0.39 is 6.61 Å². The van der Waals surface area contributed by atoms with E-state index >= 15 is 0 Å². The number of aromatic amines is 1. The number of aromatic nitrogens is 2. The molecule has 0 saturated carbocycles. The second kappa shape index (κ2) is 5.78. The van der Waals surface area contributed by atoms with Crippen LogP contribution in [0.15, 0.2) is 48.7 Å². The number of H-pyrrole nitrogens is 1. The third kappa shape index (κ3) is 3.10. The van der Waals surface area contributed by atoms with Gasteiger partial charge in [-0.3, -0.25) is 5.10 Å². The molecule has 0 radical (unpaired) electrons. The molecule has 1 aromatic heterocycles. The van der Waals surface area contributed by atoms with Gasteiger partial charge in [0.2, 0.25) is 0 Å². The van der Waals surface area contributed by atoms with Crippen molar-refractivity contribution in [1.82, 2.24) is 10.2 Å². The van der Waals surface area contributed by atoms with E-state index in [-0.39, 0.29) is 5.75 Å². The van der Waals surface area contributed by atoms with Gasteiger partial charge in [0.1, 0.15) is 5.75 Å². The first-order chi connectivity index (χ1) is 10.2. The number of nitrogens with zero attached hydrogens (tertiary/aromatic N) is 1. The molecule has 0 unspecified atom stereocenters. The predicted molar refractivity (Wildman–Crippen MR) is 76.5 cm³/mol. The summed E-state index contributed by atoms with van der Waals surface area (Å²) in [5, 5.41) is 11.0. The highest BCUT2D eigenvalue weighted by Crippen LogP contribution is 2.22. The summed E-state index contributed by atoms with van der Waals surface area (Å²) in [5.74, 6) is 0.183. The molecule has 0 aliphatic rings. The third-order valence-electron chi connectivity index (χ3n) is 3.11. The summed E-state index contributed by atoms with van der Waals surface area (Å²) in [6.45, 7) is -2.43. The van der Waals surface area contributed by atoms with E-state index in [2.05, 4.69) is 20.3 Å². The van der Waals surface area contributed by atoms with Gasteiger partial charge in [0.15, 0.2) is 0 Å². The van der Waals surface area contributed by atoms with Gasteiger partial charge in [0.05, 0.1) is 11.7 Å². The Labute approximate surface area is 119 Å². The smallest absolute Gasteiger partial charge is 0.387 e. The third-order valence-corrected chi connectivity index (χ3v) is 3.11. The summed E-state index contributed by atoms with van der Waals surface area (Å²) in [6.07, 6.45) is 1.74. The molecule has 4 nitrogen and oxygen atoms in total. The zero-order chi connectivity index (χ0) is 14.7. The number of nitrogens with one attached hydrogen (secondary N) is 2. The van der Waals surface area contributed by atoms with Crippen LogP contribution >= 0.6 is 0 Å². The number of ether oxygens (including phenoxy) is 1. The standard InChI is InChI=1S/C15H13F2N3O/c16-15(17)21-14-4-2-1-3-11(14)8-18-12-6-5-10-9-19-20-13(10)7-12/h1-7,9,15,18H,8H2,(H,19,20). The minimum Gasteiger partial charge on any atom is -0.434 e. The van der Waals surface area contributed by atoms with Crippen molar-refractivity contribution in [3.63, 3.8) is 0 Å². The Hall–Kier alpha value is -2.63. The topological polar surface area (TPSA) is 49.9 Å². The summed E-state index contributed by atoms with van der Waals surface area (Å²) in [6, 6.07) is 12.5. The maximum absolute atomic E-state index is 12.3. The fourth-order valence-corrected chi connectivity index (χ4v) is 2.11. The van der Waals surface area contributed by atoms with Crippen LogP contribution in [-0.2, 0) is 6.54 Å². The Bertz CT molecular complexity index is 742. The van der Waals surface area contributed by atoms with Gasteiger partial charge in [0.25, 0.3) is 0 Å². The second-order valence-electron chi connectivity index (χ2n) is 4.51. The number of fused-ring (bicyclic) bond motifs is 1. The van der Waals surface area contributed by atoms with E-state index in [1.165, 1.54) is 6.07 Å². The number of hydrogen-bond donors (Lipinski definition) is 2. The van der Waals surface area contributed by atoms with Crippen LogP contribution in [0.5, 0.6) is 5.75 Å². The van der Waals surface area contributed by atoms with Gasteiger partial charge in [-0.2, -0.15) is 13.9 Å². The average molecular weight is 289 g/mol. The van der Waals surface area contributed by atoms with Crippen molar-refractivity contribution >= 4 is 16.6 Å². The number of para-hydroxylation sites is 1. The molecule has 3 aromatic rings. The van der Waals surface area contributed by atoms with E-state index in [0.717, 1.165) is 16.6 Å². The largest absolute Gasteiger partial charge is 0.434 e. The van der Waals surface area contributed by atoms with Crippen LogP contribution in [0.4, 0.5) is 14.5 Å². The first kappa shape index (κ1) is 13.4. The van der Waals surface area contributed by atoms with Crippen LogP contribution in [0.2, 0.25) is 0 Å². The monoisotopic (exact) mass is 289 g/mol. The summed E-state index contributed by atoms with van der Waals surface area (Å²) >= 11 is 0. The zero-order valence-electron chi connectivity index (χ0n) is 11.0. The lowest BCUT2D eigenvalue weighted by molar-refractivity contribution is -0.0504. The maximum atomic E-state index is 12.3. The second-order valence-corrected chi connectivity index (χ2v) is 4.51. The fourth-order valence-electron chi connectivity index (χ4n) is 2.11. The molecule has 3 rings (SSSR count). The van der Waals surface area contributed by atoms with Crippen LogP contribution in [0.3, 0.4) is 0 Å². The van der Waals surface area contributed by atoms with E-state index in [9.17, 15) is 8.78 Å². The minimum atomic E-state index is -2.83. The molecule has 0 bridgehead atoms. The minimum absolute atomic E-state index is 0.183. The highest BCUT2D eigenvalue weighted by atomic mass is 19.3. The molecule has 108 valence electrons. The highest BCUT2D eigenvalue weighted by Gasteiger charge is 2.08. The molecule has 0 atom stereocenters. The Kier molecular flexibility index (Phi) is 3.68. The molecule has 0 aliphatic heterocycles. The lowest BCUT2D eigenvalue weighted by atomic mass is 10.2. The zero-order valence-corrected chi connectivity index (χ0v) is 11.0. The van der Waals surface area contributed by atoms with Crippen molar-refractivity contribution in [2.45, 2.75) is 13.2 Å². The van der Waals surface area contributed by atoms with Gasteiger partial charge in [0, 0.05) is 23.2 Å². The van der Waals surface area contributed by atoms with Gasteiger partial charge in [-0.25, -0.2) is 0 Å². The van der Waals surface area contributed by atoms with E-state index in [1.807, 2.05) is 18.2 Å². The Morgan fingerprint density at radius 2 is 2.05 bits per heavy atom. The van der Waals surface area contributed by atoms with Crippen LogP contribution in [0.25, 0.3) is 10.9 Å². The lowest BCUT2D eigenvalue weighted by Crippen LogP contribution is -2.07. The SMILES string of the molecule is FC(F)Oc1ccccc1CNc1ccc2cn[nH]c2c1. The molecule has 0 fully saturated rings. The van der Waals surface area contributed by atoms with E-state index in [4.69, 9.17) is 0 Å². The number of anilines is 1. The molecule has 0 aliphatic carbocycles. The van der Waals surface area contributed by atoms with Crippen LogP contribution < -0.4 is 10.1 Å². The van der Waals surface area contributed by atoms with Crippen molar-refractivity contribution < 1.29 is 13.5 Å². The van der Waals surface area contributed by atoms with Gasteiger partial charge in [-0.05, 0) is 24.3 Å². The van der Waals surface area contributed by atoms with Crippen molar-refractivity contribution in [2.75, 3.05) is 5.32 Å². The van der Waals surface area contributed by atoms with Gasteiger partial charge in [-0.15, -0.1) is 0 Å². The molecule has 0 spiro atoms. The number of benzene rings is 2. The molecule has 0 saturated heterocycles. The first-order valence-corrected chi connectivity index (χ1v) is 6.42. The molecule has 0 amide bonds. The van der Waals surface area contributed by atoms with E-state index in [1.54, 1.807) is 24.4 Å². The van der Waals surface area contributed by atoms with Gasteiger partial charge < -0.3 is 10.1 Å². The number of rotatable bonds is 5. The highest BCUT2D eigenvalue weighted by molar-refractivity contribution is 5.81. The van der Waals surface area contributed by atoms with Crippen molar-refractivity contribution in [3.05, 3.63) is 54.2 Å². The Morgan fingerprint density at radius 3 is 2.90 bits per heavy atom.